The molecule has 3 amide bonds. The van der Waals surface area contributed by atoms with Crippen molar-refractivity contribution in [1.29, 1.82) is 0 Å². The van der Waals surface area contributed by atoms with E-state index in [1.54, 1.807) is 61.6 Å². The fourth-order valence-corrected chi connectivity index (χ4v) is 5.09. The fraction of sp³-hybridized carbons (Fsp3) is 0.387. The van der Waals surface area contributed by atoms with Crippen LogP contribution in [0.3, 0.4) is 0 Å². The summed E-state index contributed by atoms with van der Waals surface area (Å²) in [5, 5.41) is 2.84. The second-order valence-electron chi connectivity index (χ2n) is 9.72. The Bertz CT molecular complexity index is 1320. The van der Waals surface area contributed by atoms with Crippen LogP contribution in [0.5, 0.6) is 11.5 Å². The van der Waals surface area contributed by atoms with Gasteiger partial charge in [0, 0.05) is 28.0 Å². The van der Waals surface area contributed by atoms with E-state index in [0.717, 1.165) is 10.4 Å². The molecule has 1 N–H and O–H groups in total. The number of carbonyl (C=O) groups is 3. The molecule has 0 saturated heterocycles. The number of nitrogens with one attached hydrogen (secondary N) is 1. The van der Waals surface area contributed by atoms with Crippen molar-refractivity contribution in [3.63, 3.8) is 0 Å². The second kappa shape index (κ2) is 15.1. The molecule has 3 rings (SSSR count). The topological polar surface area (TPSA) is 97.4 Å². The third-order valence-electron chi connectivity index (χ3n) is 6.45. The van der Waals surface area contributed by atoms with Crippen LogP contribution < -0.4 is 14.8 Å². The zero-order chi connectivity index (χ0) is 29.9. The van der Waals surface area contributed by atoms with Gasteiger partial charge in [0.15, 0.2) is 11.5 Å². The smallest absolute Gasteiger partial charge is 0.338 e. The van der Waals surface area contributed by atoms with Crippen molar-refractivity contribution in [3.05, 3.63) is 75.5 Å². The van der Waals surface area contributed by atoms with Gasteiger partial charge in [0.05, 0.1) is 32.9 Å². The zero-order valence-corrected chi connectivity index (χ0v) is 25.4. The number of amides is 3. The summed E-state index contributed by atoms with van der Waals surface area (Å²) in [6, 6.07) is 15.6. The molecule has 0 atom stereocenters. The molecule has 220 valence electrons. The average Bonchev–Trinajstić information content (AvgIpc) is 3.38. The lowest BCUT2D eigenvalue weighted by molar-refractivity contribution is -0.132. The minimum absolute atomic E-state index is 0.0826. The van der Waals surface area contributed by atoms with Crippen LogP contribution in [0.4, 0.5) is 10.5 Å². The van der Waals surface area contributed by atoms with Crippen molar-refractivity contribution in [2.24, 2.45) is 0 Å². The average molecular weight is 582 g/mol. The number of hydrogen-bond donors (Lipinski definition) is 1. The van der Waals surface area contributed by atoms with E-state index in [-0.39, 0.29) is 25.1 Å². The van der Waals surface area contributed by atoms with Gasteiger partial charge in [-0.15, -0.1) is 11.3 Å². The summed E-state index contributed by atoms with van der Waals surface area (Å²) in [7, 11) is 3.19. The van der Waals surface area contributed by atoms with Crippen LogP contribution in [0.1, 0.15) is 46.4 Å². The maximum Gasteiger partial charge on any atom is 0.338 e. The number of anilines is 1. The van der Waals surface area contributed by atoms with Gasteiger partial charge >= 0.3 is 12.0 Å². The number of methoxy groups -OCH3 is 2. The highest BCUT2D eigenvalue weighted by molar-refractivity contribution is 7.11. The third-order valence-corrected chi connectivity index (χ3v) is 7.44. The lowest BCUT2D eigenvalue weighted by Gasteiger charge is -2.30. The number of benzene rings is 2. The first kappa shape index (κ1) is 31.5. The van der Waals surface area contributed by atoms with E-state index in [1.165, 1.54) is 9.78 Å². The van der Waals surface area contributed by atoms with Crippen molar-refractivity contribution in [1.82, 2.24) is 9.80 Å². The Kier molecular flexibility index (Phi) is 11.6. The SMILES string of the molecule is CCOC(=O)c1ccc(NC(=O)N(CC(=O)N(CCc2ccc(OC)c(OC)c2)Cc2ccc(C)s2)C(C)C)cc1. The van der Waals surface area contributed by atoms with Crippen LogP contribution in [-0.2, 0) is 22.5 Å². The number of carbonyl (C=O) groups excluding carboxylic acids is 3. The Morgan fingerprint density at radius 2 is 1.66 bits per heavy atom. The van der Waals surface area contributed by atoms with Crippen LogP contribution in [0.25, 0.3) is 0 Å². The molecule has 10 heteroatoms. The van der Waals surface area contributed by atoms with Gasteiger partial charge in [0.1, 0.15) is 6.54 Å². The zero-order valence-electron chi connectivity index (χ0n) is 24.6. The van der Waals surface area contributed by atoms with Crippen molar-refractivity contribution in [2.45, 2.75) is 46.7 Å². The molecule has 0 spiro atoms. The Morgan fingerprint density at radius 3 is 2.24 bits per heavy atom. The molecule has 2 aromatic carbocycles. The Hall–Kier alpha value is -4.05. The van der Waals surface area contributed by atoms with E-state index < -0.39 is 12.0 Å². The quantitative estimate of drug-likeness (QED) is 0.258. The molecule has 0 aliphatic rings. The van der Waals surface area contributed by atoms with Gasteiger partial charge < -0.3 is 29.3 Å². The summed E-state index contributed by atoms with van der Waals surface area (Å²) in [6.07, 6.45) is 0.608. The Labute approximate surface area is 246 Å². The first-order valence-electron chi connectivity index (χ1n) is 13.5. The van der Waals surface area contributed by atoms with E-state index in [0.29, 0.717) is 42.3 Å². The minimum Gasteiger partial charge on any atom is -0.493 e. The number of thiophene rings is 1. The molecule has 0 fully saturated rings. The number of nitrogens with zero attached hydrogens (tertiary/aromatic N) is 2. The predicted octanol–water partition coefficient (Wildman–Crippen LogP) is 5.76. The van der Waals surface area contributed by atoms with Gasteiger partial charge in [-0.1, -0.05) is 6.07 Å². The van der Waals surface area contributed by atoms with Gasteiger partial charge in [-0.25, -0.2) is 9.59 Å². The summed E-state index contributed by atoms with van der Waals surface area (Å²) in [6.45, 7) is 8.64. The molecule has 0 unspecified atom stereocenters. The minimum atomic E-state index is -0.422. The maximum atomic E-state index is 13.7. The van der Waals surface area contributed by atoms with Gasteiger partial charge in [-0.3, -0.25) is 4.79 Å². The molecule has 0 bridgehead atoms. The van der Waals surface area contributed by atoms with Gasteiger partial charge in [0.25, 0.3) is 0 Å². The van der Waals surface area contributed by atoms with Crippen molar-refractivity contribution < 1.29 is 28.6 Å². The van der Waals surface area contributed by atoms with Crippen LogP contribution in [0.15, 0.2) is 54.6 Å². The number of hydrogen-bond acceptors (Lipinski definition) is 7. The molecule has 1 aromatic heterocycles. The molecule has 41 heavy (non-hydrogen) atoms. The van der Waals surface area contributed by atoms with Crippen LogP contribution in [0, 0.1) is 6.92 Å². The Morgan fingerprint density at radius 1 is 0.951 bits per heavy atom. The van der Waals surface area contributed by atoms with Crippen molar-refractivity contribution >= 4 is 34.9 Å². The van der Waals surface area contributed by atoms with Gasteiger partial charge in [0.2, 0.25) is 5.91 Å². The predicted molar refractivity (Wildman–Crippen MR) is 161 cm³/mol. The number of esters is 1. The number of rotatable bonds is 13. The van der Waals surface area contributed by atoms with Gasteiger partial charge in [-0.05, 0) is 88.2 Å². The Balaban J connectivity index is 1.73. The monoisotopic (exact) mass is 581 g/mol. The summed E-state index contributed by atoms with van der Waals surface area (Å²) < 4.78 is 15.8. The first-order chi connectivity index (χ1) is 19.6. The number of urea groups is 1. The number of ether oxygens (including phenoxy) is 3. The summed E-state index contributed by atoms with van der Waals surface area (Å²) in [5.41, 5.74) is 1.92. The first-order valence-corrected chi connectivity index (χ1v) is 14.4. The van der Waals surface area contributed by atoms with Crippen molar-refractivity contribution in [3.8, 4) is 11.5 Å². The van der Waals surface area contributed by atoms with E-state index in [2.05, 4.69) is 5.32 Å². The second-order valence-corrected chi connectivity index (χ2v) is 11.1. The molecular formula is C31H39N3O6S. The summed E-state index contributed by atoms with van der Waals surface area (Å²) >= 11 is 1.65. The molecule has 0 aliphatic carbocycles. The van der Waals surface area contributed by atoms with Crippen LogP contribution in [-0.4, -0.2) is 67.7 Å². The number of aryl methyl sites for hydroxylation is 1. The highest BCUT2D eigenvalue weighted by Gasteiger charge is 2.24. The molecule has 1 heterocycles. The molecule has 3 aromatic rings. The normalized spacial score (nSPS) is 10.7. The van der Waals surface area contributed by atoms with E-state index >= 15 is 0 Å². The summed E-state index contributed by atoms with van der Waals surface area (Å²) in [5.74, 6) is 0.703. The molecule has 0 aliphatic heterocycles. The van der Waals surface area contributed by atoms with E-state index in [4.69, 9.17) is 14.2 Å². The lowest BCUT2D eigenvalue weighted by Crippen LogP contribution is -2.47. The van der Waals surface area contributed by atoms with Gasteiger partial charge in [-0.2, -0.15) is 0 Å². The van der Waals surface area contributed by atoms with Crippen LogP contribution >= 0.6 is 11.3 Å². The van der Waals surface area contributed by atoms with E-state index in [1.807, 2.05) is 51.1 Å². The third kappa shape index (κ3) is 8.97. The molecule has 0 radical (unpaired) electrons. The lowest BCUT2D eigenvalue weighted by atomic mass is 10.1. The largest absolute Gasteiger partial charge is 0.493 e. The summed E-state index contributed by atoms with van der Waals surface area (Å²) in [4.78, 5) is 44.4. The highest BCUT2D eigenvalue weighted by Crippen LogP contribution is 2.28. The molecule has 9 nitrogen and oxygen atoms in total. The highest BCUT2D eigenvalue weighted by atomic mass is 32.1. The van der Waals surface area contributed by atoms with Crippen molar-refractivity contribution in [2.75, 3.05) is 39.2 Å². The standard InChI is InChI=1S/C31H39N3O6S/c1-7-40-30(36)24-10-12-25(13-11-24)32-31(37)34(21(2)3)20-29(35)33(19-26-14-8-22(4)41-26)17-16-23-9-15-27(38-5)28(18-23)39-6/h8-15,18,21H,7,16-17,19-20H2,1-6H3,(H,32,37). The fourth-order valence-electron chi connectivity index (χ4n) is 4.18. The van der Waals surface area contributed by atoms with E-state index in [9.17, 15) is 14.4 Å². The molecular weight excluding hydrogens is 542 g/mol. The molecule has 0 saturated carbocycles. The van der Waals surface area contributed by atoms with Crippen LogP contribution in [0.2, 0.25) is 0 Å². The maximum absolute atomic E-state index is 13.7.